The molecular weight excluding hydrogens is 450 g/mol. The summed E-state index contributed by atoms with van der Waals surface area (Å²) < 4.78 is 2.26. The maximum Gasteiger partial charge on any atom is 0.259 e. The minimum absolute atomic E-state index is 0.237. The highest BCUT2D eigenvalue weighted by atomic mass is 16.2. The third kappa shape index (κ3) is 3.15. The zero-order valence-corrected chi connectivity index (χ0v) is 21.2. The molecule has 0 saturated carbocycles. The number of nitrogens with zero attached hydrogens (tertiary/aromatic N) is 4. The van der Waals surface area contributed by atoms with E-state index in [-0.39, 0.29) is 30.3 Å². The SMILES string of the molecule is CC(=O)N1CC2=C(C1=O)[C@@H](c1cc3ccccc3nc1N(C)C)c1cn(C(C)C)c3cccc(c13)N2. The van der Waals surface area contributed by atoms with Crippen molar-refractivity contribution in [2.24, 2.45) is 0 Å². The summed E-state index contributed by atoms with van der Waals surface area (Å²) in [4.78, 5) is 34.6. The number of carbonyl (C=O) groups excluding carboxylic acids is 2. The van der Waals surface area contributed by atoms with Gasteiger partial charge in [0.2, 0.25) is 5.91 Å². The Hall–Kier alpha value is -4.13. The molecule has 0 radical (unpaired) electrons. The third-order valence-electron chi connectivity index (χ3n) is 7.29. The molecule has 4 heterocycles. The first kappa shape index (κ1) is 22.3. The van der Waals surface area contributed by atoms with Crippen molar-refractivity contribution in [2.45, 2.75) is 32.7 Å². The van der Waals surface area contributed by atoms with Crippen molar-refractivity contribution in [2.75, 3.05) is 30.9 Å². The molecule has 4 aromatic rings. The van der Waals surface area contributed by atoms with Gasteiger partial charge in [-0.3, -0.25) is 14.5 Å². The number of aromatic nitrogens is 2. The summed E-state index contributed by atoms with van der Waals surface area (Å²) in [5.74, 6) is -0.0724. The lowest BCUT2D eigenvalue weighted by atomic mass is 9.84. The molecule has 2 amide bonds. The summed E-state index contributed by atoms with van der Waals surface area (Å²) in [6.07, 6.45) is 2.18. The van der Waals surface area contributed by atoms with E-state index in [1.54, 1.807) is 0 Å². The van der Waals surface area contributed by atoms with E-state index in [4.69, 9.17) is 4.98 Å². The molecule has 2 aliphatic rings. The lowest BCUT2D eigenvalue weighted by molar-refractivity contribution is -0.139. The number of benzene rings is 2. The van der Waals surface area contributed by atoms with Gasteiger partial charge in [-0.1, -0.05) is 24.3 Å². The molecule has 1 atom stereocenters. The van der Waals surface area contributed by atoms with Crippen LogP contribution in [0.5, 0.6) is 0 Å². The predicted octanol–water partition coefficient (Wildman–Crippen LogP) is 5.04. The number of pyridine rings is 1. The van der Waals surface area contributed by atoms with Gasteiger partial charge in [-0.25, -0.2) is 4.98 Å². The zero-order chi connectivity index (χ0) is 25.3. The van der Waals surface area contributed by atoms with Gasteiger partial charge in [-0.05, 0) is 43.7 Å². The summed E-state index contributed by atoms with van der Waals surface area (Å²) in [5, 5.41) is 5.67. The quantitative estimate of drug-likeness (QED) is 0.446. The van der Waals surface area contributed by atoms with Crippen LogP contribution in [0.15, 0.2) is 66.0 Å². The normalized spacial score (nSPS) is 17.1. The second kappa shape index (κ2) is 7.95. The maximum absolute atomic E-state index is 13.8. The first-order valence-electron chi connectivity index (χ1n) is 12.3. The highest BCUT2D eigenvalue weighted by Gasteiger charge is 2.42. The molecule has 0 aliphatic carbocycles. The molecule has 0 spiro atoms. The smallest absolute Gasteiger partial charge is 0.259 e. The molecule has 0 unspecified atom stereocenters. The Labute approximate surface area is 210 Å². The van der Waals surface area contributed by atoms with Crippen molar-refractivity contribution in [1.82, 2.24) is 14.5 Å². The molecule has 0 saturated heterocycles. The zero-order valence-electron chi connectivity index (χ0n) is 21.2. The number of amides is 2. The average molecular weight is 480 g/mol. The Balaban J connectivity index is 1.72. The molecule has 2 aromatic carbocycles. The van der Waals surface area contributed by atoms with E-state index >= 15 is 0 Å². The highest BCUT2D eigenvalue weighted by Crippen LogP contribution is 2.48. The van der Waals surface area contributed by atoms with E-state index in [1.165, 1.54) is 11.8 Å². The van der Waals surface area contributed by atoms with Crippen molar-refractivity contribution in [1.29, 1.82) is 0 Å². The second-order valence-electron chi connectivity index (χ2n) is 10.1. The van der Waals surface area contributed by atoms with Crippen LogP contribution in [0.2, 0.25) is 0 Å². The summed E-state index contributed by atoms with van der Waals surface area (Å²) in [6, 6.07) is 16.7. The largest absolute Gasteiger partial charge is 0.362 e. The van der Waals surface area contributed by atoms with Crippen LogP contribution in [0.3, 0.4) is 0 Å². The van der Waals surface area contributed by atoms with Crippen molar-refractivity contribution < 1.29 is 9.59 Å². The number of nitrogens with one attached hydrogen (secondary N) is 1. The monoisotopic (exact) mass is 479 g/mol. The van der Waals surface area contributed by atoms with E-state index in [2.05, 4.69) is 54.2 Å². The molecule has 0 bridgehead atoms. The van der Waals surface area contributed by atoms with E-state index < -0.39 is 0 Å². The van der Waals surface area contributed by atoms with Crippen molar-refractivity contribution >= 4 is 45.1 Å². The Kier molecular flexibility index (Phi) is 4.93. The first-order chi connectivity index (χ1) is 17.3. The molecule has 2 aliphatic heterocycles. The number of hydrogen-bond donors (Lipinski definition) is 1. The van der Waals surface area contributed by atoms with Crippen molar-refractivity contribution in [3.63, 3.8) is 0 Å². The lowest BCUT2D eigenvalue weighted by Gasteiger charge is -2.25. The number of carbonyl (C=O) groups is 2. The summed E-state index contributed by atoms with van der Waals surface area (Å²) in [5.41, 5.74) is 6.36. The molecule has 0 fully saturated rings. The molecule has 7 heteroatoms. The Morgan fingerprint density at radius 3 is 2.61 bits per heavy atom. The first-order valence-corrected chi connectivity index (χ1v) is 12.3. The Morgan fingerprint density at radius 1 is 1.11 bits per heavy atom. The van der Waals surface area contributed by atoms with Gasteiger partial charge in [0.05, 0.1) is 23.2 Å². The molecular formula is C29H29N5O2. The van der Waals surface area contributed by atoms with Gasteiger partial charge in [0.25, 0.3) is 5.91 Å². The minimum Gasteiger partial charge on any atom is -0.362 e. The van der Waals surface area contributed by atoms with Gasteiger partial charge >= 0.3 is 0 Å². The van der Waals surface area contributed by atoms with Crippen LogP contribution in [0.25, 0.3) is 21.8 Å². The molecule has 182 valence electrons. The molecule has 2 aromatic heterocycles. The number of anilines is 2. The summed E-state index contributed by atoms with van der Waals surface area (Å²) in [7, 11) is 3.96. The number of imide groups is 1. The van der Waals surface area contributed by atoms with Crippen LogP contribution < -0.4 is 10.2 Å². The van der Waals surface area contributed by atoms with E-state index in [0.717, 1.165) is 50.1 Å². The van der Waals surface area contributed by atoms with Crippen LogP contribution in [-0.2, 0) is 9.59 Å². The van der Waals surface area contributed by atoms with Crippen molar-refractivity contribution in [3.8, 4) is 0 Å². The Morgan fingerprint density at radius 2 is 1.89 bits per heavy atom. The Bertz CT molecular complexity index is 1610. The van der Waals surface area contributed by atoms with Crippen LogP contribution in [0.4, 0.5) is 11.5 Å². The van der Waals surface area contributed by atoms with Gasteiger partial charge < -0.3 is 14.8 Å². The predicted molar refractivity (Wildman–Crippen MR) is 143 cm³/mol. The van der Waals surface area contributed by atoms with Crippen LogP contribution in [0.1, 0.15) is 43.9 Å². The standard InChI is InChI=1S/C29H29N5O2/c1-16(2)33-14-20-25(19-13-18-9-6-7-10-21(18)31-28(19)32(4)5)27-23(15-34(17(3)35)29(27)36)30-22-11-8-12-24(33)26(20)22/h6-14,16,25,30H,15H2,1-5H3/t25-/m0/s1. The van der Waals surface area contributed by atoms with Gasteiger partial charge in [0.1, 0.15) is 5.82 Å². The number of fused-ring (bicyclic) bond motifs is 1. The van der Waals surface area contributed by atoms with E-state index in [1.807, 2.05) is 43.3 Å². The molecule has 1 N–H and O–H groups in total. The van der Waals surface area contributed by atoms with Gasteiger partial charge in [0, 0.05) is 66.9 Å². The number of para-hydroxylation sites is 1. The fourth-order valence-corrected chi connectivity index (χ4v) is 5.68. The van der Waals surface area contributed by atoms with Gasteiger partial charge in [-0.15, -0.1) is 0 Å². The fraction of sp³-hybridized carbons (Fsp3) is 0.276. The topological polar surface area (TPSA) is 70.5 Å². The lowest BCUT2D eigenvalue weighted by Crippen LogP contribution is -2.33. The van der Waals surface area contributed by atoms with E-state index in [9.17, 15) is 9.59 Å². The average Bonchev–Trinajstić information content (AvgIpc) is 3.34. The number of rotatable bonds is 3. The molecule has 36 heavy (non-hydrogen) atoms. The summed E-state index contributed by atoms with van der Waals surface area (Å²) in [6.45, 7) is 6.01. The molecule has 6 rings (SSSR count). The number of hydrogen-bond acceptors (Lipinski definition) is 5. The van der Waals surface area contributed by atoms with Crippen LogP contribution >= 0.6 is 0 Å². The fourth-order valence-electron chi connectivity index (χ4n) is 5.68. The van der Waals surface area contributed by atoms with Gasteiger partial charge in [0.15, 0.2) is 0 Å². The maximum atomic E-state index is 13.8. The third-order valence-corrected chi connectivity index (χ3v) is 7.29. The van der Waals surface area contributed by atoms with Crippen LogP contribution in [0, 0.1) is 0 Å². The van der Waals surface area contributed by atoms with E-state index in [0.29, 0.717) is 5.57 Å². The van der Waals surface area contributed by atoms with Gasteiger partial charge in [-0.2, -0.15) is 0 Å². The van der Waals surface area contributed by atoms with Crippen molar-refractivity contribution in [3.05, 3.63) is 77.1 Å². The molecule has 7 nitrogen and oxygen atoms in total. The van der Waals surface area contributed by atoms with Crippen LogP contribution in [-0.4, -0.2) is 46.9 Å². The second-order valence-corrected chi connectivity index (χ2v) is 10.1. The summed E-state index contributed by atoms with van der Waals surface area (Å²) >= 11 is 0. The minimum atomic E-state index is -0.384. The highest BCUT2D eigenvalue weighted by molar-refractivity contribution is 6.11.